The summed E-state index contributed by atoms with van der Waals surface area (Å²) in [4.78, 5) is 34.5. The van der Waals surface area contributed by atoms with Crippen molar-refractivity contribution in [3.05, 3.63) is 85.2 Å². The molecule has 0 spiro atoms. The molecule has 4 heterocycles. The van der Waals surface area contributed by atoms with Gasteiger partial charge in [-0.2, -0.15) is 4.98 Å². The number of hydrogen-bond donors (Lipinski definition) is 1. The van der Waals surface area contributed by atoms with Crippen molar-refractivity contribution in [2.24, 2.45) is 5.92 Å². The minimum atomic E-state index is -0.301. The van der Waals surface area contributed by atoms with E-state index < -0.39 is 0 Å². The summed E-state index contributed by atoms with van der Waals surface area (Å²) in [6, 6.07) is 12.7. The molecule has 0 amide bonds. The first-order valence-corrected chi connectivity index (χ1v) is 15.3. The van der Waals surface area contributed by atoms with Crippen LogP contribution in [0.3, 0.4) is 0 Å². The van der Waals surface area contributed by atoms with Crippen LogP contribution in [0.4, 0.5) is 14.6 Å². The lowest BCUT2D eigenvalue weighted by Gasteiger charge is -2.27. The summed E-state index contributed by atoms with van der Waals surface area (Å²) in [6.45, 7) is 3.10. The van der Waals surface area contributed by atoms with E-state index in [9.17, 15) is 8.78 Å². The highest BCUT2D eigenvalue weighted by atomic mass is 19.1. The molecule has 11 nitrogen and oxygen atoms in total. The Labute approximate surface area is 269 Å². The van der Waals surface area contributed by atoms with Gasteiger partial charge < -0.3 is 14.8 Å². The first kappa shape index (κ1) is 31.7. The van der Waals surface area contributed by atoms with Gasteiger partial charge in [0.2, 0.25) is 5.88 Å². The fourth-order valence-electron chi connectivity index (χ4n) is 5.21. The number of rotatable bonds is 8. The van der Waals surface area contributed by atoms with Gasteiger partial charge in [0.25, 0.3) is 0 Å². The van der Waals surface area contributed by atoms with E-state index in [0.29, 0.717) is 58.9 Å². The van der Waals surface area contributed by atoms with E-state index in [4.69, 9.17) is 9.47 Å². The lowest BCUT2D eigenvalue weighted by molar-refractivity contribution is 0.144. The summed E-state index contributed by atoms with van der Waals surface area (Å²) in [5, 5.41) is 3.52. The van der Waals surface area contributed by atoms with Crippen LogP contribution < -0.4 is 10.1 Å². The third-order valence-corrected chi connectivity index (χ3v) is 7.82. The Morgan fingerprint density at radius 1 is 0.681 bits per heavy atom. The van der Waals surface area contributed by atoms with Gasteiger partial charge in [-0.05, 0) is 80.1 Å². The Morgan fingerprint density at radius 3 is 1.83 bits per heavy atom. The molecule has 1 aliphatic carbocycles. The smallest absolute Gasteiger partial charge is 0.245 e. The van der Waals surface area contributed by atoms with Crippen molar-refractivity contribution >= 4 is 28.1 Å². The van der Waals surface area contributed by atoms with Gasteiger partial charge in [-0.15, -0.1) is 0 Å². The third-order valence-electron chi connectivity index (χ3n) is 7.82. The van der Waals surface area contributed by atoms with E-state index in [1.54, 1.807) is 43.8 Å². The monoisotopic (exact) mass is 637 g/mol. The summed E-state index contributed by atoms with van der Waals surface area (Å²) in [5.41, 5.74) is 4.96. The summed E-state index contributed by atoms with van der Waals surface area (Å²) in [7, 11) is 1.59. The molecular weight excluding hydrogens is 604 g/mol. The van der Waals surface area contributed by atoms with Gasteiger partial charge in [0.15, 0.2) is 28.1 Å². The van der Waals surface area contributed by atoms with E-state index >= 15 is 0 Å². The van der Waals surface area contributed by atoms with Gasteiger partial charge in [0.05, 0.1) is 30.4 Å². The highest BCUT2D eigenvalue weighted by Gasteiger charge is 2.20. The quantitative estimate of drug-likeness (QED) is 0.184. The number of anilines is 1. The molecule has 0 unspecified atom stereocenters. The standard InChI is InChI=1S/C19H20FN5.C15H13FN4O2/c1-12-2-8-15(9-3-12)24-19-17-18(22-11-23-19)21-10-16(25-17)13-4-6-14(20)7-5-13;1-21-6-7-22-15-13-14(18-9-19-15)17-8-12(20-13)10-2-4-11(16)5-3-10/h4-7,10-12,15H,2-3,8-9H2,1H3,(H,21,22,23,24);2-5,8-9H,6-7H2,1H3. The zero-order chi connectivity index (χ0) is 32.6. The lowest BCUT2D eigenvalue weighted by Crippen LogP contribution is -2.25. The molecule has 0 bridgehead atoms. The summed E-state index contributed by atoms with van der Waals surface area (Å²) in [6.07, 6.45) is 10.9. The average Bonchev–Trinajstić information content (AvgIpc) is 3.10. The Kier molecular flexibility index (Phi) is 10.0. The first-order chi connectivity index (χ1) is 23.0. The van der Waals surface area contributed by atoms with Crippen molar-refractivity contribution in [2.75, 3.05) is 25.6 Å². The van der Waals surface area contributed by atoms with Crippen LogP contribution in [0, 0.1) is 17.6 Å². The zero-order valence-electron chi connectivity index (χ0n) is 26.0. The van der Waals surface area contributed by atoms with Gasteiger partial charge in [-0.3, -0.25) is 0 Å². The average molecular weight is 638 g/mol. The number of benzene rings is 2. The topological polar surface area (TPSA) is 134 Å². The number of ether oxygens (including phenoxy) is 2. The van der Waals surface area contributed by atoms with Crippen molar-refractivity contribution in [1.82, 2.24) is 39.9 Å². The van der Waals surface area contributed by atoms with Crippen molar-refractivity contribution < 1.29 is 18.3 Å². The number of nitrogens with zero attached hydrogens (tertiary/aromatic N) is 8. The Balaban J connectivity index is 0.000000166. The third kappa shape index (κ3) is 7.93. The first-order valence-electron chi connectivity index (χ1n) is 15.3. The minimum Gasteiger partial charge on any atom is -0.474 e. The normalized spacial score (nSPS) is 16.0. The van der Waals surface area contributed by atoms with Crippen molar-refractivity contribution in [2.45, 2.75) is 38.6 Å². The van der Waals surface area contributed by atoms with Crippen molar-refractivity contribution in [1.29, 1.82) is 0 Å². The number of aromatic nitrogens is 8. The predicted molar refractivity (Wildman–Crippen MR) is 173 cm³/mol. The van der Waals surface area contributed by atoms with Gasteiger partial charge in [-0.1, -0.05) is 6.92 Å². The number of halogens is 2. The predicted octanol–water partition coefficient (Wildman–Crippen LogP) is 6.47. The SMILES string of the molecule is CC1CCC(Nc2ncnc3ncc(-c4ccc(F)cc4)nc23)CC1.COCCOc1ncnc2ncc(-c3ccc(F)cc3)nc12. The van der Waals surface area contributed by atoms with E-state index in [-0.39, 0.29) is 11.6 Å². The van der Waals surface area contributed by atoms with Crippen LogP contribution in [0.15, 0.2) is 73.6 Å². The molecule has 0 aliphatic heterocycles. The molecule has 6 aromatic rings. The Hall–Kier alpha value is -5.30. The van der Waals surface area contributed by atoms with E-state index in [1.807, 2.05) is 0 Å². The molecule has 1 N–H and O–H groups in total. The summed E-state index contributed by atoms with van der Waals surface area (Å²) in [5.74, 6) is 1.30. The second-order valence-electron chi connectivity index (χ2n) is 11.2. The molecule has 1 saturated carbocycles. The number of nitrogens with one attached hydrogen (secondary N) is 1. The van der Waals surface area contributed by atoms with Crippen LogP contribution in [0.2, 0.25) is 0 Å². The van der Waals surface area contributed by atoms with Crippen LogP contribution in [0.25, 0.3) is 44.8 Å². The number of hydrogen-bond acceptors (Lipinski definition) is 11. The molecule has 47 heavy (non-hydrogen) atoms. The molecule has 2 aromatic carbocycles. The molecule has 0 radical (unpaired) electrons. The molecule has 1 aliphatic rings. The van der Waals surface area contributed by atoms with Crippen molar-refractivity contribution in [3.63, 3.8) is 0 Å². The molecular formula is C34H33F2N9O2. The van der Waals surface area contributed by atoms with Crippen LogP contribution in [-0.4, -0.2) is 66.2 Å². The van der Waals surface area contributed by atoms with Crippen LogP contribution in [-0.2, 0) is 4.74 Å². The molecule has 13 heteroatoms. The second kappa shape index (κ2) is 14.9. The maximum atomic E-state index is 13.1. The molecule has 240 valence electrons. The van der Waals surface area contributed by atoms with Crippen LogP contribution >= 0.6 is 0 Å². The summed E-state index contributed by atoms with van der Waals surface area (Å²) >= 11 is 0. The molecule has 0 saturated heterocycles. The van der Waals surface area contributed by atoms with Gasteiger partial charge in [-0.25, -0.2) is 43.7 Å². The van der Waals surface area contributed by atoms with Gasteiger partial charge in [0, 0.05) is 24.3 Å². The van der Waals surface area contributed by atoms with Crippen molar-refractivity contribution in [3.8, 4) is 28.4 Å². The fourth-order valence-corrected chi connectivity index (χ4v) is 5.21. The summed E-state index contributed by atoms with van der Waals surface area (Å²) < 4.78 is 36.6. The largest absolute Gasteiger partial charge is 0.474 e. The molecule has 4 aromatic heterocycles. The maximum absolute atomic E-state index is 13.1. The highest BCUT2D eigenvalue weighted by Crippen LogP contribution is 2.28. The fraction of sp³-hybridized carbons (Fsp3) is 0.294. The maximum Gasteiger partial charge on any atom is 0.245 e. The Morgan fingerprint density at radius 2 is 1.23 bits per heavy atom. The number of methoxy groups -OCH3 is 1. The van der Waals surface area contributed by atoms with E-state index in [0.717, 1.165) is 35.7 Å². The molecule has 7 rings (SSSR count). The second-order valence-corrected chi connectivity index (χ2v) is 11.2. The Bertz CT molecular complexity index is 1940. The van der Waals surface area contributed by atoms with E-state index in [1.165, 1.54) is 49.8 Å². The van der Waals surface area contributed by atoms with Crippen LogP contribution in [0.5, 0.6) is 5.88 Å². The van der Waals surface area contributed by atoms with E-state index in [2.05, 4.69) is 52.1 Å². The number of fused-ring (bicyclic) bond motifs is 2. The van der Waals surface area contributed by atoms with Crippen LogP contribution in [0.1, 0.15) is 32.6 Å². The zero-order valence-corrected chi connectivity index (χ0v) is 26.0. The highest BCUT2D eigenvalue weighted by molar-refractivity contribution is 5.84. The molecule has 0 atom stereocenters. The molecule has 1 fully saturated rings. The van der Waals surface area contributed by atoms with Gasteiger partial charge >= 0.3 is 0 Å². The lowest BCUT2D eigenvalue weighted by atomic mass is 9.87. The minimum absolute atomic E-state index is 0.269. The van der Waals surface area contributed by atoms with Gasteiger partial charge in [0.1, 0.15) is 30.9 Å².